The van der Waals surface area contributed by atoms with Gasteiger partial charge in [-0.2, -0.15) is 0 Å². The number of hydrogen-bond acceptors (Lipinski definition) is 7. The summed E-state index contributed by atoms with van der Waals surface area (Å²) in [5, 5.41) is 7.81. The summed E-state index contributed by atoms with van der Waals surface area (Å²) in [6.45, 7) is 9.55. The van der Waals surface area contributed by atoms with Crippen molar-refractivity contribution >= 4 is 17.4 Å². The van der Waals surface area contributed by atoms with E-state index in [1.807, 2.05) is 21.0 Å². The van der Waals surface area contributed by atoms with Crippen LogP contribution in [0.5, 0.6) is 0 Å². The lowest BCUT2D eigenvalue weighted by Crippen LogP contribution is -2.42. The van der Waals surface area contributed by atoms with Crippen LogP contribution in [0.4, 0.5) is 5.82 Å². The monoisotopic (exact) mass is 533 g/mol. The first-order chi connectivity index (χ1) is 18.8. The van der Waals surface area contributed by atoms with Gasteiger partial charge in [-0.15, -0.1) is 0 Å². The molecule has 9 nitrogen and oxygen atoms in total. The van der Waals surface area contributed by atoms with E-state index in [-0.39, 0.29) is 0 Å². The Morgan fingerprint density at radius 2 is 1.97 bits per heavy atom. The van der Waals surface area contributed by atoms with Crippen molar-refractivity contribution < 1.29 is 0 Å². The van der Waals surface area contributed by atoms with E-state index in [0.717, 1.165) is 62.5 Å². The van der Waals surface area contributed by atoms with E-state index < -0.39 is 0 Å². The molecule has 2 aromatic rings. The number of aryl methyl sites for hydroxylation is 1. The highest BCUT2D eigenvalue weighted by atomic mass is 15.6. The first-order valence-electron chi connectivity index (χ1n) is 14.1. The summed E-state index contributed by atoms with van der Waals surface area (Å²) in [6.07, 6.45) is 8.78. The number of rotatable bonds is 12. The van der Waals surface area contributed by atoms with E-state index in [1.54, 1.807) is 0 Å². The van der Waals surface area contributed by atoms with Crippen LogP contribution in [0.3, 0.4) is 0 Å². The molecule has 0 bridgehead atoms. The van der Waals surface area contributed by atoms with Gasteiger partial charge in [0.1, 0.15) is 5.82 Å². The molecule has 1 aliphatic carbocycles. The van der Waals surface area contributed by atoms with Crippen molar-refractivity contribution in [1.29, 1.82) is 0 Å². The fourth-order valence-corrected chi connectivity index (χ4v) is 5.69. The zero-order chi connectivity index (χ0) is 27.9. The van der Waals surface area contributed by atoms with Crippen LogP contribution >= 0.6 is 0 Å². The Balaban J connectivity index is 1.49. The van der Waals surface area contributed by atoms with Gasteiger partial charge in [0.25, 0.3) is 0 Å². The Kier molecular flexibility index (Phi) is 9.83. The molecule has 39 heavy (non-hydrogen) atoms. The minimum absolute atomic E-state index is 0.384. The molecule has 1 aromatic carbocycles. The van der Waals surface area contributed by atoms with Crippen molar-refractivity contribution in [3.05, 3.63) is 64.6 Å². The van der Waals surface area contributed by atoms with Gasteiger partial charge in [0.05, 0.1) is 18.1 Å². The molecule has 2 heterocycles. The second-order valence-electron chi connectivity index (χ2n) is 11.1. The summed E-state index contributed by atoms with van der Waals surface area (Å²) in [5.41, 5.74) is 20.5. The molecule has 0 amide bonds. The van der Waals surface area contributed by atoms with E-state index in [4.69, 9.17) is 10.7 Å². The molecule has 9 heteroatoms. The topological polar surface area (TPSA) is 98.2 Å². The number of benzene rings is 1. The minimum Gasteiger partial charge on any atom is -0.387 e. The first kappa shape index (κ1) is 28.9. The third-order valence-electron chi connectivity index (χ3n) is 7.85. The van der Waals surface area contributed by atoms with Gasteiger partial charge in [-0.25, -0.2) is 15.4 Å². The SMILES string of the molecule is C/N=C(\C)c1cn(C2CCC(CN(NCCc3ccc(C)cc3)C3=CNN(C)C3)C2)c(/N=C(/C)N)c1CNC. The fraction of sp³-hybridized carbons (Fsp3) is 0.533. The number of aromatic nitrogens is 1. The van der Waals surface area contributed by atoms with Crippen LogP contribution in [-0.4, -0.2) is 66.9 Å². The summed E-state index contributed by atoms with van der Waals surface area (Å²) in [7, 11) is 5.90. The van der Waals surface area contributed by atoms with Crippen molar-refractivity contribution in [1.82, 2.24) is 30.8 Å². The van der Waals surface area contributed by atoms with Crippen molar-refractivity contribution in [2.75, 3.05) is 40.8 Å². The van der Waals surface area contributed by atoms with Gasteiger partial charge in [-0.3, -0.25) is 4.99 Å². The summed E-state index contributed by atoms with van der Waals surface area (Å²) in [6, 6.07) is 9.23. The number of nitrogens with zero attached hydrogens (tertiary/aromatic N) is 5. The van der Waals surface area contributed by atoms with Crippen LogP contribution in [-0.2, 0) is 13.0 Å². The van der Waals surface area contributed by atoms with Gasteiger partial charge in [-0.05, 0) is 65.0 Å². The standard InChI is InChI=1S/C30H47N9/c1-21-7-9-24(10-8-21)13-14-34-39(27-16-35-37(6)19-27)18-25-11-12-26(15-25)38-20-29(22(2)33-5)28(17-32-4)30(38)36-23(3)31/h7-10,16,20,25-26,32,34-35H,11-15,17-19H2,1-6H3,(H2,31,36)/b33-22+. The maximum atomic E-state index is 6.10. The van der Waals surface area contributed by atoms with Crippen molar-refractivity contribution in [2.24, 2.45) is 21.6 Å². The van der Waals surface area contributed by atoms with Gasteiger partial charge in [-0.1, -0.05) is 29.8 Å². The highest BCUT2D eigenvalue weighted by Crippen LogP contribution is 2.40. The molecule has 4 rings (SSSR count). The van der Waals surface area contributed by atoms with E-state index in [1.165, 1.54) is 28.8 Å². The Labute approximate surface area is 234 Å². The lowest BCUT2D eigenvalue weighted by atomic mass is 10.1. The predicted molar refractivity (Wildman–Crippen MR) is 162 cm³/mol. The maximum absolute atomic E-state index is 6.10. The molecule has 0 spiro atoms. The number of hydrazine groups is 2. The summed E-state index contributed by atoms with van der Waals surface area (Å²) in [4.78, 5) is 9.29. The Morgan fingerprint density at radius 1 is 1.21 bits per heavy atom. The summed E-state index contributed by atoms with van der Waals surface area (Å²) >= 11 is 0. The molecule has 1 saturated carbocycles. The molecule has 5 N–H and O–H groups in total. The zero-order valence-electron chi connectivity index (χ0n) is 24.6. The first-order valence-corrected chi connectivity index (χ1v) is 14.1. The summed E-state index contributed by atoms with van der Waals surface area (Å²) in [5.74, 6) is 2.11. The Hall–Kier alpha value is -3.14. The second kappa shape index (κ2) is 13.3. The van der Waals surface area contributed by atoms with E-state index >= 15 is 0 Å². The normalized spacial score (nSPS) is 20.4. The van der Waals surface area contributed by atoms with E-state index in [9.17, 15) is 0 Å². The largest absolute Gasteiger partial charge is 0.387 e. The lowest BCUT2D eigenvalue weighted by molar-refractivity contribution is 0.194. The van der Waals surface area contributed by atoms with Crippen LogP contribution in [0.15, 0.2) is 52.3 Å². The number of amidine groups is 1. The van der Waals surface area contributed by atoms with E-state index in [2.05, 4.69) is 93.3 Å². The van der Waals surface area contributed by atoms with Crippen molar-refractivity contribution in [2.45, 2.75) is 59.0 Å². The van der Waals surface area contributed by atoms with Crippen LogP contribution in [0.2, 0.25) is 0 Å². The molecular weight excluding hydrogens is 486 g/mol. The number of hydrogen-bond donors (Lipinski definition) is 4. The Morgan fingerprint density at radius 3 is 2.62 bits per heavy atom. The highest BCUT2D eigenvalue weighted by Gasteiger charge is 2.31. The van der Waals surface area contributed by atoms with Gasteiger partial charge >= 0.3 is 0 Å². The third-order valence-corrected chi connectivity index (χ3v) is 7.85. The Bertz CT molecular complexity index is 1190. The second-order valence-corrected chi connectivity index (χ2v) is 11.1. The molecule has 2 atom stereocenters. The van der Waals surface area contributed by atoms with Crippen LogP contribution in [0.1, 0.15) is 61.4 Å². The molecule has 1 aliphatic heterocycles. The quantitative estimate of drug-likeness (QED) is 0.189. The van der Waals surface area contributed by atoms with Gasteiger partial charge in [0.15, 0.2) is 0 Å². The molecule has 0 saturated heterocycles. The number of nitrogens with two attached hydrogens (primary N) is 1. The molecular formula is C30H47N9. The number of nitrogens with one attached hydrogen (secondary N) is 3. The summed E-state index contributed by atoms with van der Waals surface area (Å²) < 4.78 is 2.37. The van der Waals surface area contributed by atoms with Gasteiger partial charge in [0.2, 0.25) is 0 Å². The highest BCUT2D eigenvalue weighted by molar-refractivity contribution is 6.01. The van der Waals surface area contributed by atoms with Crippen molar-refractivity contribution in [3.8, 4) is 0 Å². The predicted octanol–water partition coefficient (Wildman–Crippen LogP) is 3.65. The number of aliphatic imine (C=N–C) groups is 2. The third kappa shape index (κ3) is 7.29. The smallest absolute Gasteiger partial charge is 0.140 e. The van der Waals surface area contributed by atoms with Crippen molar-refractivity contribution in [3.63, 3.8) is 0 Å². The van der Waals surface area contributed by atoms with Crippen LogP contribution < -0.4 is 21.9 Å². The molecule has 212 valence electrons. The van der Waals surface area contributed by atoms with Gasteiger partial charge in [0, 0.05) is 69.0 Å². The molecule has 1 aromatic heterocycles. The minimum atomic E-state index is 0.384. The molecule has 0 radical (unpaired) electrons. The average Bonchev–Trinajstić information content (AvgIpc) is 3.64. The molecule has 2 aliphatic rings. The van der Waals surface area contributed by atoms with Crippen LogP contribution in [0, 0.1) is 12.8 Å². The zero-order valence-corrected chi connectivity index (χ0v) is 24.6. The lowest BCUT2D eigenvalue weighted by Gasteiger charge is -2.29. The number of likely N-dealkylation sites (N-methyl/N-ethyl adjacent to an activating group) is 1. The van der Waals surface area contributed by atoms with Gasteiger partial charge < -0.3 is 26.1 Å². The average molecular weight is 534 g/mol. The molecule has 2 unspecified atom stereocenters. The van der Waals surface area contributed by atoms with Crippen LogP contribution in [0.25, 0.3) is 0 Å². The van der Waals surface area contributed by atoms with E-state index in [0.29, 0.717) is 17.8 Å². The molecule has 1 fully saturated rings. The fourth-order valence-electron chi connectivity index (χ4n) is 5.69. The maximum Gasteiger partial charge on any atom is 0.140 e.